The number of hydrogen-bond donors (Lipinski definition) is 0. The molecule has 6 atom stereocenters. The Morgan fingerprint density at radius 1 is 0.241 bits per heavy atom. The number of ketones is 2. The minimum atomic E-state index is -2.12. The van der Waals surface area contributed by atoms with Gasteiger partial charge in [0.25, 0.3) is 0 Å². The first kappa shape index (κ1) is 40.6. The molecule has 1 aliphatic heterocycles. The van der Waals surface area contributed by atoms with Crippen LogP contribution in [-0.4, -0.2) is 39.6 Å². The summed E-state index contributed by atoms with van der Waals surface area (Å²) in [4.78, 5) is 98.3. The summed E-state index contributed by atoms with van der Waals surface area (Å²) in [5.41, 5.74) is -6.55. The predicted molar refractivity (Wildman–Crippen MR) is 330 cm³/mol. The van der Waals surface area contributed by atoms with E-state index in [0.29, 0.717) is 22.3 Å². The van der Waals surface area contributed by atoms with Gasteiger partial charge >= 0.3 is 0 Å². The number of benzene rings is 15. The quantitative estimate of drug-likeness (QED) is 0.0626. The van der Waals surface area contributed by atoms with Gasteiger partial charge in [-0.3, -0.25) is 9.59 Å². The summed E-state index contributed by atoms with van der Waals surface area (Å²) in [5.74, 6) is -0.758. The molecule has 0 N–H and O–H groups in total. The lowest BCUT2D eigenvalue weighted by Gasteiger charge is -2.53. The van der Waals surface area contributed by atoms with E-state index < -0.39 is 61.8 Å². The van der Waals surface area contributed by atoms with Gasteiger partial charge in [-0.05, 0) is 299 Å². The number of fused-ring (bicyclic) bond motifs is 3. The monoisotopic (exact) mass is 1120 g/mol. The van der Waals surface area contributed by atoms with Gasteiger partial charge in [0.05, 0.1) is 22.4 Å². The average molecular weight is 1130 g/mol. The van der Waals surface area contributed by atoms with E-state index in [2.05, 4.69) is 0 Å². The lowest BCUT2D eigenvalue weighted by atomic mass is 9.50. The molecule has 11 nitrogen and oxygen atoms in total. The molecule has 1 spiro atoms. The van der Waals surface area contributed by atoms with Crippen molar-refractivity contribution in [3.05, 3.63) is 66.8 Å². The van der Waals surface area contributed by atoms with Gasteiger partial charge in [-0.2, -0.15) is 0 Å². The third-order valence-corrected chi connectivity index (χ3v) is 25.9. The first-order valence-electron chi connectivity index (χ1n) is 31.4. The summed E-state index contributed by atoms with van der Waals surface area (Å²) < 4.78 is 8.34. The highest BCUT2D eigenvalue weighted by atomic mass is 17.2. The van der Waals surface area contributed by atoms with Crippen LogP contribution in [0.15, 0.2) is 11.1 Å². The molecule has 31 rings (SSSR count). The molecule has 1 fully saturated rings. The summed E-state index contributed by atoms with van der Waals surface area (Å²) in [6.07, 6.45) is 0. The predicted octanol–water partition coefficient (Wildman–Crippen LogP) is 16.7. The first-order valence-corrected chi connectivity index (χ1v) is 31.4. The molecule has 0 amide bonds. The van der Waals surface area contributed by atoms with Crippen molar-refractivity contribution in [1.82, 2.24) is 0 Å². The van der Waals surface area contributed by atoms with Crippen LogP contribution in [0.5, 0.6) is 0 Å². The molecule has 11 heteroatoms. The van der Waals surface area contributed by atoms with Gasteiger partial charge in [0.15, 0.2) is 22.4 Å². The fraction of sp³-hybridized carbons (Fsp3) is 0.289. The highest BCUT2D eigenvalue weighted by Crippen LogP contribution is 2.91. The number of carbonyl (C=O) groups is 2. The second kappa shape index (κ2) is 9.36. The van der Waals surface area contributed by atoms with E-state index in [1.807, 2.05) is 83.1 Å². The zero-order valence-corrected chi connectivity index (χ0v) is 48.5. The van der Waals surface area contributed by atoms with Crippen molar-refractivity contribution < 1.29 is 53.4 Å². The van der Waals surface area contributed by atoms with Crippen LogP contribution in [0.1, 0.15) is 139 Å². The molecule has 21 aromatic rings. The highest BCUT2D eigenvalue weighted by molar-refractivity contribution is 6.77. The molecule has 406 valence electrons. The number of carbonyl (C=O) groups excluding carboxylic acids is 2. The maximum atomic E-state index is 19.2. The van der Waals surface area contributed by atoms with E-state index >= 15 is 9.59 Å². The van der Waals surface area contributed by atoms with Crippen LogP contribution >= 0.6 is 0 Å². The van der Waals surface area contributed by atoms with Crippen molar-refractivity contribution in [2.45, 2.75) is 139 Å². The topological polar surface area (TPSA) is 121 Å². The number of Topliss-reactive ketones (excluding diaryl/α,β-unsaturated/α-hetero) is 2. The smallest absolute Gasteiger partial charge is 0.218 e. The van der Waals surface area contributed by atoms with Crippen molar-refractivity contribution >= 4 is 227 Å². The van der Waals surface area contributed by atoms with Crippen molar-refractivity contribution in [2.75, 3.05) is 0 Å². The van der Waals surface area contributed by atoms with Crippen molar-refractivity contribution in [2.24, 2.45) is 0 Å². The Bertz CT molecular complexity index is 7410. The minimum absolute atomic E-state index is 0.215. The third-order valence-electron chi connectivity index (χ3n) is 25.9. The summed E-state index contributed by atoms with van der Waals surface area (Å²) >= 11 is 0. The van der Waals surface area contributed by atoms with Crippen LogP contribution in [0.3, 0.4) is 0 Å². The summed E-state index contributed by atoms with van der Waals surface area (Å²) in [6.45, 7) is 23.9. The van der Waals surface area contributed by atoms with E-state index in [9.17, 15) is 0 Å². The van der Waals surface area contributed by atoms with Crippen LogP contribution in [0.2, 0.25) is 0 Å². The molecule has 0 bridgehead atoms. The SMILES string of the molecule is CC(C)(C)OO[C@@]12C3=C4[C@@]5(OOC(C)(C)C)c6c1c1c7c2c2c8c9c(c%10c%11c%12c%13c%14c%15c%16c(c5c5c6c6c1c1c%17c7c8c7c8c9c%11c9c%11c%12c%15c%12c%15c%16c5c5c6c1c1c(c%177)c(c89)c(c%11%12)c1c5%15)[C@@]%141O[C@]41C(=O)[C@]%10%13OOC(C)(C)C)[C@]2(OOC(C)(C)C)C3=O. The Kier molecular flexibility index (Phi) is 4.37. The third kappa shape index (κ3) is 2.61. The number of rotatable bonds is 8. The molecular weight excluding hydrogens is 1090 g/mol. The van der Waals surface area contributed by atoms with Crippen LogP contribution < -0.4 is 0 Å². The fourth-order valence-electron chi connectivity index (χ4n) is 25.3. The standard InChI is InChI=1S/C76H36O11/c1-67(2,3)80-84-71-53-43-33-23-18-14-13-15-17-16(14)21-29-25(18)35(33)45-49-39(29)41-31(21)32-22(17)30-28-20(15)27-26-19(13)24(23)34-36(26)46-47-37(27)38(28)48-50-40(30)42(32)52-51(41)61-59(49)72(55(45)53,85-81-68(4,5)6)64-63(71)65(77)73(86-82-69(7,8)9,56(46)54(71)44(34)43)57(47)58(48)74(87-83-70(10,11)12)60(50)62(52)75(61)76(64,79-75)66(74)78/h1-12H3/t71-,72+,73-,74-,75+,76-/m0/s1. The first-order chi connectivity index (χ1) is 41.6. The lowest BCUT2D eigenvalue weighted by Crippen LogP contribution is -2.63. The van der Waals surface area contributed by atoms with Gasteiger partial charge in [-0.25, -0.2) is 39.1 Å². The van der Waals surface area contributed by atoms with Gasteiger partial charge in [0.1, 0.15) is 0 Å². The largest absolute Gasteiger partial charge is 0.339 e. The minimum Gasteiger partial charge on any atom is -0.339 e. The van der Waals surface area contributed by atoms with Crippen LogP contribution in [0.25, 0.3) is 215 Å². The Balaban J connectivity index is 1.06. The normalized spacial score (nSPS) is 29.3. The molecule has 9 aliphatic carbocycles. The Hall–Kier alpha value is -7.78. The zero-order valence-electron chi connectivity index (χ0n) is 48.5. The van der Waals surface area contributed by atoms with Gasteiger partial charge in [-0.1, -0.05) is 0 Å². The number of hydrogen-bond acceptors (Lipinski definition) is 11. The lowest BCUT2D eigenvalue weighted by molar-refractivity contribution is -0.406. The molecule has 0 saturated carbocycles. The molecule has 1 saturated heterocycles. The molecular formula is C76H36O11. The molecule has 0 aromatic heterocycles. The van der Waals surface area contributed by atoms with E-state index in [1.165, 1.54) is 145 Å². The molecule has 0 radical (unpaired) electrons. The maximum Gasteiger partial charge on any atom is 0.218 e. The molecule has 21 aromatic carbocycles. The summed E-state index contributed by atoms with van der Waals surface area (Å²) in [7, 11) is 0. The van der Waals surface area contributed by atoms with Gasteiger partial charge < -0.3 is 4.74 Å². The van der Waals surface area contributed by atoms with Crippen LogP contribution in [0.4, 0.5) is 0 Å². The number of ether oxygens (including phenoxy) is 1. The van der Waals surface area contributed by atoms with Crippen LogP contribution in [-0.2, 0) is 81.4 Å². The van der Waals surface area contributed by atoms with Crippen molar-refractivity contribution in [1.29, 1.82) is 0 Å². The summed E-state index contributed by atoms with van der Waals surface area (Å²) in [6, 6.07) is 0. The zero-order chi connectivity index (χ0) is 56.5. The van der Waals surface area contributed by atoms with Gasteiger partial charge in [0.2, 0.25) is 22.8 Å². The van der Waals surface area contributed by atoms with E-state index in [-0.39, 0.29) is 11.4 Å². The van der Waals surface area contributed by atoms with E-state index in [4.69, 9.17) is 43.8 Å². The van der Waals surface area contributed by atoms with Crippen molar-refractivity contribution in [3.8, 4) is 0 Å². The highest BCUT2D eigenvalue weighted by Gasteiger charge is 2.95. The Morgan fingerprint density at radius 3 is 0.759 bits per heavy atom. The second-order valence-electron chi connectivity index (χ2n) is 33.5. The second-order valence-corrected chi connectivity index (χ2v) is 33.5. The number of epoxide rings is 1. The maximum absolute atomic E-state index is 19.2. The molecule has 87 heavy (non-hydrogen) atoms. The van der Waals surface area contributed by atoms with E-state index in [1.54, 1.807) is 0 Å². The molecule has 0 unspecified atom stereocenters. The van der Waals surface area contributed by atoms with Crippen LogP contribution in [0, 0.1) is 0 Å². The Morgan fingerprint density at radius 2 is 0.448 bits per heavy atom. The Labute approximate surface area is 483 Å². The average Bonchev–Trinajstić information content (AvgIpc) is 1.37. The molecule has 10 aliphatic rings. The summed E-state index contributed by atoms with van der Waals surface area (Å²) in [5, 5.41) is 48.8. The van der Waals surface area contributed by atoms with Crippen molar-refractivity contribution in [3.63, 3.8) is 0 Å². The molecule has 1 heterocycles. The van der Waals surface area contributed by atoms with E-state index in [0.717, 1.165) is 109 Å². The van der Waals surface area contributed by atoms with Gasteiger partial charge in [-0.15, -0.1) is 0 Å². The van der Waals surface area contributed by atoms with Gasteiger partial charge in [0, 0.05) is 66.8 Å². The fourth-order valence-corrected chi connectivity index (χ4v) is 25.3.